The van der Waals surface area contributed by atoms with Gasteiger partial charge in [-0.15, -0.1) is 5.48 Å². The minimum atomic E-state index is -4.49. The van der Waals surface area contributed by atoms with E-state index in [4.69, 9.17) is 4.74 Å². The summed E-state index contributed by atoms with van der Waals surface area (Å²) in [5.74, 6) is -1.01. The number of halogens is 3. The first-order valence-corrected chi connectivity index (χ1v) is 5.86. The fraction of sp³-hybridized carbons (Fsp3) is 0.385. The van der Waals surface area contributed by atoms with Crippen molar-refractivity contribution in [2.75, 3.05) is 0 Å². The number of hydrogen-bond donors (Lipinski definition) is 1. The third-order valence-corrected chi connectivity index (χ3v) is 2.07. The maximum atomic E-state index is 12.3. The van der Waals surface area contributed by atoms with Crippen LogP contribution in [0, 0.1) is 0 Å². The van der Waals surface area contributed by atoms with Crippen LogP contribution in [0.2, 0.25) is 0 Å². The summed E-state index contributed by atoms with van der Waals surface area (Å²) in [5.41, 5.74) is -0.0530. The van der Waals surface area contributed by atoms with Crippen molar-refractivity contribution < 1.29 is 32.3 Å². The molecule has 0 aliphatic carbocycles. The molecule has 116 valence electrons. The van der Waals surface area contributed by atoms with E-state index in [0.717, 1.165) is 24.3 Å². The molecule has 1 aromatic rings. The second-order valence-electron chi connectivity index (χ2n) is 5.07. The minimum Gasteiger partial charge on any atom is -0.442 e. The molecule has 1 aromatic carbocycles. The fourth-order valence-electron chi connectivity index (χ4n) is 1.24. The summed E-state index contributed by atoms with van der Waals surface area (Å²) < 4.78 is 41.8. The van der Waals surface area contributed by atoms with Gasteiger partial charge in [-0.25, -0.2) is 9.59 Å². The maximum Gasteiger partial charge on any atom is 0.441 e. The highest BCUT2D eigenvalue weighted by atomic mass is 19.4. The third-order valence-electron chi connectivity index (χ3n) is 2.07. The van der Waals surface area contributed by atoms with E-state index >= 15 is 0 Å². The van der Waals surface area contributed by atoms with E-state index in [1.165, 1.54) is 0 Å². The summed E-state index contributed by atoms with van der Waals surface area (Å²) in [6.07, 6.45) is -5.47. The van der Waals surface area contributed by atoms with Crippen molar-refractivity contribution in [2.45, 2.75) is 32.5 Å². The van der Waals surface area contributed by atoms with Crippen LogP contribution in [0.3, 0.4) is 0 Å². The van der Waals surface area contributed by atoms with E-state index in [2.05, 4.69) is 4.84 Å². The summed E-state index contributed by atoms with van der Waals surface area (Å²) in [7, 11) is 0. The number of alkyl halides is 3. The lowest BCUT2D eigenvalue weighted by atomic mass is 10.1. The van der Waals surface area contributed by atoms with Crippen LogP contribution in [-0.2, 0) is 15.8 Å². The number of amides is 1. The number of nitrogens with one attached hydrogen (secondary N) is 1. The minimum absolute atomic E-state index is 0.140. The molecule has 0 aromatic heterocycles. The highest BCUT2D eigenvalue weighted by molar-refractivity contribution is 5.90. The van der Waals surface area contributed by atoms with Gasteiger partial charge in [0.2, 0.25) is 0 Å². The molecular formula is C13H14F3NO4. The second kappa shape index (κ2) is 6.02. The first-order chi connectivity index (χ1) is 9.49. The zero-order valence-corrected chi connectivity index (χ0v) is 11.6. The molecule has 0 saturated carbocycles. The van der Waals surface area contributed by atoms with Gasteiger partial charge in [0.05, 0.1) is 11.1 Å². The number of carbonyl (C=O) groups excluding carboxylic acids is 2. The van der Waals surface area contributed by atoms with E-state index in [1.807, 2.05) is 0 Å². The van der Waals surface area contributed by atoms with Crippen molar-refractivity contribution in [3.05, 3.63) is 35.4 Å². The van der Waals surface area contributed by atoms with Gasteiger partial charge in [-0.1, -0.05) is 0 Å². The van der Waals surface area contributed by atoms with Gasteiger partial charge in [-0.3, -0.25) is 0 Å². The molecule has 0 aliphatic rings. The Morgan fingerprint density at radius 2 is 1.57 bits per heavy atom. The summed E-state index contributed by atoms with van der Waals surface area (Å²) in [5, 5.41) is 0. The van der Waals surface area contributed by atoms with Gasteiger partial charge in [0, 0.05) is 0 Å². The van der Waals surface area contributed by atoms with Gasteiger partial charge in [-0.2, -0.15) is 13.2 Å². The van der Waals surface area contributed by atoms with Crippen molar-refractivity contribution >= 4 is 12.1 Å². The van der Waals surface area contributed by atoms with Crippen molar-refractivity contribution in [3.8, 4) is 0 Å². The smallest absolute Gasteiger partial charge is 0.441 e. The van der Waals surface area contributed by atoms with Crippen LogP contribution in [0.15, 0.2) is 24.3 Å². The molecule has 0 saturated heterocycles. The zero-order valence-electron chi connectivity index (χ0n) is 11.6. The van der Waals surface area contributed by atoms with Crippen LogP contribution in [0.4, 0.5) is 18.0 Å². The predicted octanol–water partition coefficient (Wildman–Crippen LogP) is 3.30. The molecule has 1 rings (SSSR count). The summed E-state index contributed by atoms with van der Waals surface area (Å²) in [4.78, 5) is 27.1. The van der Waals surface area contributed by atoms with Gasteiger partial charge in [0.25, 0.3) is 0 Å². The van der Waals surface area contributed by atoms with Gasteiger partial charge >= 0.3 is 18.2 Å². The van der Waals surface area contributed by atoms with Crippen LogP contribution in [0.1, 0.15) is 36.7 Å². The standard InChI is InChI=1S/C13H14F3NO4/c1-12(2,3)20-11(19)17-21-10(18)8-4-6-9(7-5-8)13(14,15)16/h4-7H,1-3H3,(H,17,19). The Hall–Kier alpha value is -2.25. The highest BCUT2D eigenvalue weighted by Gasteiger charge is 2.30. The highest BCUT2D eigenvalue weighted by Crippen LogP contribution is 2.29. The van der Waals surface area contributed by atoms with Gasteiger partial charge in [0.1, 0.15) is 5.60 Å². The maximum absolute atomic E-state index is 12.3. The number of hydrogen-bond acceptors (Lipinski definition) is 4. The Kier molecular flexibility index (Phi) is 4.82. The van der Waals surface area contributed by atoms with Crippen molar-refractivity contribution in [2.24, 2.45) is 0 Å². The molecular weight excluding hydrogens is 291 g/mol. The molecule has 0 unspecified atom stereocenters. The topological polar surface area (TPSA) is 64.6 Å². The lowest BCUT2D eigenvalue weighted by molar-refractivity contribution is -0.137. The molecule has 1 N–H and O–H groups in total. The molecule has 21 heavy (non-hydrogen) atoms. The number of ether oxygens (including phenoxy) is 1. The number of rotatable bonds is 1. The van der Waals surface area contributed by atoms with E-state index in [0.29, 0.717) is 0 Å². The first-order valence-electron chi connectivity index (χ1n) is 5.86. The molecule has 0 heterocycles. The quantitative estimate of drug-likeness (QED) is 0.809. The summed E-state index contributed by atoms with van der Waals surface area (Å²) >= 11 is 0. The number of benzene rings is 1. The van der Waals surface area contributed by atoms with Gasteiger partial charge < -0.3 is 9.57 Å². The summed E-state index contributed by atoms with van der Waals surface area (Å²) in [6, 6.07) is 3.37. The SMILES string of the molecule is CC(C)(C)OC(=O)NOC(=O)c1ccc(C(F)(F)F)cc1. The van der Waals surface area contributed by atoms with E-state index in [1.54, 1.807) is 26.3 Å². The largest absolute Gasteiger partial charge is 0.442 e. The Morgan fingerprint density at radius 1 is 1.05 bits per heavy atom. The number of carbonyl (C=O) groups is 2. The van der Waals surface area contributed by atoms with Crippen LogP contribution in [0.5, 0.6) is 0 Å². The van der Waals surface area contributed by atoms with Gasteiger partial charge in [-0.05, 0) is 45.0 Å². The average Bonchev–Trinajstić information content (AvgIpc) is 2.33. The van der Waals surface area contributed by atoms with Crippen LogP contribution >= 0.6 is 0 Å². The van der Waals surface area contributed by atoms with Crippen LogP contribution < -0.4 is 5.48 Å². The lowest BCUT2D eigenvalue weighted by Gasteiger charge is -2.19. The molecule has 0 atom stereocenters. The van der Waals surface area contributed by atoms with E-state index in [9.17, 15) is 22.8 Å². The van der Waals surface area contributed by atoms with Crippen LogP contribution in [-0.4, -0.2) is 17.7 Å². The summed E-state index contributed by atoms with van der Waals surface area (Å²) in [6.45, 7) is 4.85. The molecule has 0 fully saturated rings. The molecule has 5 nitrogen and oxygen atoms in total. The second-order valence-corrected chi connectivity index (χ2v) is 5.07. The lowest BCUT2D eigenvalue weighted by Crippen LogP contribution is -2.34. The Labute approximate surface area is 119 Å². The monoisotopic (exact) mass is 305 g/mol. The molecule has 0 spiro atoms. The predicted molar refractivity (Wildman–Crippen MR) is 66.2 cm³/mol. The first kappa shape index (κ1) is 16.8. The molecule has 0 radical (unpaired) electrons. The van der Waals surface area contributed by atoms with Crippen LogP contribution in [0.25, 0.3) is 0 Å². The van der Waals surface area contributed by atoms with Crippen molar-refractivity contribution in [1.82, 2.24) is 5.48 Å². The molecule has 0 aliphatic heterocycles. The molecule has 0 bridgehead atoms. The van der Waals surface area contributed by atoms with Gasteiger partial charge in [0.15, 0.2) is 0 Å². The Balaban J connectivity index is 2.59. The van der Waals surface area contributed by atoms with E-state index < -0.39 is 29.4 Å². The average molecular weight is 305 g/mol. The third kappa shape index (κ3) is 5.72. The normalized spacial score (nSPS) is 11.7. The van der Waals surface area contributed by atoms with Crippen molar-refractivity contribution in [1.29, 1.82) is 0 Å². The molecule has 1 amide bonds. The molecule has 8 heteroatoms. The zero-order chi connectivity index (χ0) is 16.3. The van der Waals surface area contributed by atoms with Crippen molar-refractivity contribution in [3.63, 3.8) is 0 Å². The number of hydroxylamine groups is 1. The fourth-order valence-corrected chi connectivity index (χ4v) is 1.24. The Bertz CT molecular complexity index is 518. The van der Waals surface area contributed by atoms with E-state index in [-0.39, 0.29) is 5.56 Å². The Morgan fingerprint density at radius 3 is 2.00 bits per heavy atom.